The highest BCUT2D eigenvalue weighted by Gasteiger charge is 2.29. The number of rotatable bonds is 2. The summed E-state index contributed by atoms with van der Waals surface area (Å²) in [5, 5.41) is 3.76. The maximum absolute atomic E-state index is 4.72. The van der Waals surface area contributed by atoms with Gasteiger partial charge in [0, 0.05) is 24.9 Å². The third-order valence-corrected chi connectivity index (χ3v) is 4.47. The second-order valence-electron chi connectivity index (χ2n) is 5.84. The van der Waals surface area contributed by atoms with Gasteiger partial charge in [-0.1, -0.05) is 43.2 Å². The van der Waals surface area contributed by atoms with Gasteiger partial charge in [-0.2, -0.15) is 0 Å². The van der Waals surface area contributed by atoms with Crippen molar-refractivity contribution >= 4 is 5.84 Å². The Bertz CT molecular complexity index is 424. The third-order valence-electron chi connectivity index (χ3n) is 4.47. The smallest absolute Gasteiger partial charge is 0.0965 e. The molecule has 2 nitrogen and oxygen atoms in total. The minimum Gasteiger partial charge on any atom is -0.370 e. The van der Waals surface area contributed by atoms with Crippen molar-refractivity contribution in [3.05, 3.63) is 35.9 Å². The zero-order chi connectivity index (χ0) is 12.9. The summed E-state index contributed by atoms with van der Waals surface area (Å²) in [7, 11) is 0. The molecule has 2 unspecified atom stereocenters. The number of nitrogens with one attached hydrogen (secondary N) is 1. The molecular formula is C17H24N2. The Kier molecular flexibility index (Phi) is 4.16. The molecule has 0 amide bonds. The van der Waals surface area contributed by atoms with Gasteiger partial charge in [0.15, 0.2) is 0 Å². The van der Waals surface area contributed by atoms with Gasteiger partial charge in [0.05, 0.1) is 5.84 Å². The highest BCUT2D eigenvalue weighted by molar-refractivity contribution is 5.82. The van der Waals surface area contributed by atoms with E-state index in [0.717, 1.165) is 13.0 Å². The number of nitrogens with zero attached hydrogens (tertiary/aromatic N) is 1. The Morgan fingerprint density at radius 2 is 1.84 bits per heavy atom. The first-order valence-electron chi connectivity index (χ1n) is 7.78. The van der Waals surface area contributed by atoms with Gasteiger partial charge in [-0.15, -0.1) is 0 Å². The topological polar surface area (TPSA) is 24.4 Å². The molecule has 0 bridgehead atoms. The van der Waals surface area contributed by atoms with Gasteiger partial charge in [-0.3, -0.25) is 4.99 Å². The molecule has 1 aromatic rings. The summed E-state index contributed by atoms with van der Waals surface area (Å²) in [6, 6.07) is 11.6. The summed E-state index contributed by atoms with van der Waals surface area (Å²) in [5.41, 5.74) is 1.49. The normalized spacial score (nSPS) is 27.7. The Balaban J connectivity index is 1.68. The molecule has 0 saturated heterocycles. The lowest BCUT2D eigenvalue weighted by molar-refractivity contribution is 0.553. The summed E-state index contributed by atoms with van der Waals surface area (Å²) >= 11 is 0. The van der Waals surface area contributed by atoms with Gasteiger partial charge in [0.2, 0.25) is 0 Å². The van der Waals surface area contributed by atoms with Crippen LogP contribution in [0.2, 0.25) is 0 Å². The first-order chi connectivity index (χ1) is 9.43. The van der Waals surface area contributed by atoms with Crippen LogP contribution in [0.5, 0.6) is 0 Å². The summed E-state index contributed by atoms with van der Waals surface area (Å²) in [5.74, 6) is 1.94. The summed E-state index contributed by atoms with van der Waals surface area (Å²) in [4.78, 5) is 4.72. The van der Waals surface area contributed by atoms with Gasteiger partial charge >= 0.3 is 0 Å². The van der Waals surface area contributed by atoms with Crippen molar-refractivity contribution in [1.29, 1.82) is 0 Å². The molecule has 1 aromatic carbocycles. The van der Waals surface area contributed by atoms with Crippen LogP contribution < -0.4 is 5.32 Å². The van der Waals surface area contributed by atoms with Gasteiger partial charge < -0.3 is 5.32 Å². The van der Waals surface area contributed by atoms with E-state index in [1.165, 1.54) is 49.9 Å². The van der Waals surface area contributed by atoms with E-state index in [1.54, 1.807) is 0 Å². The van der Waals surface area contributed by atoms with E-state index >= 15 is 0 Å². The summed E-state index contributed by atoms with van der Waals surface area (Å²) in [6.45, 7) is 1.02. The Labute approximate surface area is 116 Å². The van der Waals surface area contributed by atoms with Crippen LogP contribution >= 0.6 is 0 Å². The summed E-state index contributed by atoms with van der Waals surface area (Å²) in [6.07, 6.45) is 8.99. The Morgan fingerprint density at radius 1 is 0.947 bits per heavy atom. The van der Waals surface area contributed by atoms with E-state index in [2.05, 4.69) is 35.6 Å². The van der Waals surface area contributed by atoms with Crippen molar-refractivity contribution < 1.29 is 0 Å². The van der Waals surface area contributed by atoms with Crippen molar-refractivity contribution in [2.24, 2.45) is 4.99 Å². The molecule has 2 aliphatic rings. The van der Waals surface area contributed by atoms with E-state index < -0.39 is 0 Å². The van der Waals surface area contributed by atoms with Crippen LogP contribution in [-0.4, -0.2) is 18.4 Å². The van der Waals surface area contributed by atoms with Crippen LogP contribution in [0.1, 0.15) is 56.4 Å². The van der Waals surface area contributed by atoms with Crippen LogP contribution in [0.4, 0.5) is 0 Å². The molecule has 1 fully saturated rings. The highest BCUT2D eigenvalue weighted by atomic mass is 15.0. The summed E-state index contributed by atoms with van der Waals surface area (Å²) < 4.78 is 0. The molecule has 102 valence electrons. The second-order valence-corrected chi connectivity index (χ2v) is 5.84. The number of hydrogen-bond donors (Lipinski definition) is 1. The van der Waals surface area contributed by atoms with E-state index in [-0.39, 0.29) is 0 Å². The average Bonchev–Trinajstić information content (AvgIpc) is 2.75. The molecule has 1 aliphatic carbocycles. The molecule has 0 radical (unpaired) electrons. The maximum Gasteiger partial charge on any atom is 0.0965 e. The minimum absolute atomic E-state index is 0.597. The predicted molar refractivity (Wildman–Crippen MR) is 80.7 cm³/mol. The SMILES string of the molecule is c1ccc(C2CCCC2NC2=NCCCCC2)cc1. The molecule has 2 atom stereocenters. The molecule has 1 aliphatic heterocycles. The minimum atomic E-state index is 0.597. The number of hydrogen-bond acceptors (Lipinski definition) is 2. The fraction of sp³-hybridized carbons (Fsp3) is 0.588. The lowest BCUT2D eigenvalue weighted by Crippen LogP contribution is -2.36. The first kappa shape index (κ1) is 12.7. The van der Waals surface area contributed by atoms with Crippen LogP contribution in [0, 0.1) is 0 Å². The van der Waals surface area contributed by atoms with E-state index in [4.69, 9.17) is 4.99 Å². The zero-order valence-corrected chi connectivity index (χ0v) is 11.6. The van der Waals surface area contributed by atoms with Gasteiger partial charge in [0.25, 0.3) is 0 Å². The average molecular weight is 256 g/mol. The van der Waals surface area contributed by atoms with E-state index in [0.29, 0.717) is 12.0 Å². The van der Waals surface area contributed by atoms with Crippen molar-refractivity contribution in [3.8, 4) is 0 Å². The fourth-order valence-electron chi connectivity index (χ4n) is 3.44. The van der Waals surface area contributed by atoms with Crippen LogP contribution in [0.3, 0.4) is 0 Å². The van der Waals surface area contributed by atoms with E-state index in [1.807, 2.05) is 0 Å². The number of aliphatic imine (C=N–C) groups is 1. The van der Waals surface area contributed by atoms with Crippen LogP contribution in [0.15, 0.2) is 35.3 Å². The van der Waals surface area contributed by atoms with E-state index in [9.17, 15) is 0 Å². The molecule has 1 heterocycles. The standard InChI is InChI=1S/C17H24N2/c1-3-8-14(9-4-1)15-10-7-11-16(15)19-17-12-5-2-6-13-18-17/h1,3-4,8-9,15-16H,2,5-7,10-13H2,(H,18,19). The zero-order valence-electron chi connectivity index (χ0n) is 11.6. The molecule has 19 heavy (non-hydrogen) atoms. The lowest BCUT2D eigenvalue weighted by Gasteiger charge is -2.23. The predicted octanol–water partition coefficient (Wildman–Crippen LogP) is 3.88. The molecule has 1 N–H and O–H groups in total. The number of benzene rings is 1. The van der Waals surface area contributed by atoms with Crippen molar-refractivity contribution in [1.82, 2.24) is 5.32 Å². The molecule has 0 spiro atoms. The van der Waals surface area contributed by atoms with Crippen molar-refractivity contribution in [2.75, 3.05) is 6.54 Å². The second kappa shape index (κ2) is 6.23. The monoisotopic (exact) mass is 256 g/mol. The lowest BCUT2D eigenvalue weighted by atomic mass is 9.94. The molecule has 3 rings (SSSR count). The molecule has 1 saturated carbocycles. The van der Waals surface area contributed by atoms with Gasteiger partial charge in [-0.05, 0) is 31.2 Å². The molecule has 2 heteroatoms. The fourth-order valence-corrected chi connectivity index (χ4v) is 3.44. The van der Waals surface area contributed by atoms with Gasteiger partial charge in [-0.25, -0.2) is 0 Å². The van der Waals surface area contributed by atoms with Crippen molar-refractivity contribution in [2.45, 2.75) is 56.9 Å². The van der Waals surface area contributed by atoms with Crippen LogP contribution in [0.25, 0.3) is 0 Å². The third kappa shape index (κ3) is 3.17. The van der Waals surface area contributed by atoms with Crippen LogP contribution in [-0.2, 0) is 0 Å². The quantitative estimate of drug-likeness (QED) is 0.853. The molecular weight excluding hydrogens is 232 g/mol. The highest BCUT2D eigenvalue weighted by Crippen LogP contribution is 2.34. The first-order valence-corrected chi connectivity index (χ1v) is 7.78. The van der Waals surface area contributed by atoms with Crippen molar-refractivity contribution in [3.63, 3.8) is 0 Å². The number of amidine groups is 1. The maximum atomic E-state index is 4.72. The molecule has 0 aromatic heterocycles. The van der Waals surface area contributed by atoms with Gasteiger partial charge in [0.1, 0.15) is 0 Å². The Hall–Kier alpha value is -1.31. The largest absolute Gasteiger partial charge is 0.370 e. The Morgan fingerprint density at radius 3 is 2.74 bits per heavy atom.